The molecule has 4 rings (SSSR count). The molecule has 2 aliphatic rings. The molecule has 0 radical (unpaired) electrons. The van der Waals surface area contributed by atoms with Crippen LogP contribution in [0.25, 0.3) is 10.9 Å². The van der Waals surface area contributed by atoms with Crippen LogP contribution in [0.1, 0.15) is 45.4 Å². The molecule has 2 atom stereocenters. The average molecular weight is 537 g/mol. The van der Waals surface area contributed by atoms with Gasteiger partial charge in [0.15, 0.2) is 11.5 Å². The predicted octanol–water partition coefficient (Wildman–Crippen LogP) is 3.81. The number of halogens is 2. The van der Waals surface area contributed by atoms with Gasteiger partial charge in [0.25, 0.3) is 5.92 Å². The Bertz CT molecular complexity index is 1060. The number of aromatic nitrogens is 2. The lowest BCUT2D eigenvalue weighted by molar-refractivity contribution is -0.0222. The van der Waals surface area contributed by atoms with Gasteiger partial charge in [0.2, 0.25) is 5.95 Å². The highest BCUT2D eigenvalue weighted by atomic mass is 19.3. The van der Waals surface area contributed by atoms with E-state index in [4.69, 9.17) is 19.4 Å². The number of piperidine rings is 1. The number of anilines is 2. The molecule has 2 saturated heterocycles. The predicted molar refractivity (Wildman–Crippen MR) is 146 cm³/mol. The molecule has 2 aliphatic heterocycles. The fraction of sp³-hybridized carbons (Fsp3) is 0.704. The van der Waals surface area contributed by atoms with E-state index in [1.807, 2.05) is 33.2 Å². The zero-order valence-electron chi connectivity index (χ0n) is 23.1. The van der Waals surface area contributed by atoms with Gasteiger partial charge in [-0.1, -0.05) is 6.92 Å². The Labute approximate surface area is 224 Å². The number of alkyl halides is 2. The molecular formula is C27H42F2N6O3. The molecule has 0 bridgehead atoms. The summed E-state index contributed by atoms with van der Waals surface area (Å²) in [4.78, 5) is 15.5. The van der Waals surface area contributed by atoms with Crippen LogP contribution in [-0.2, 0) is 0 Å². The molecule has 1 aromatic carbocycles. The van der Waals surface area contributed by atoms with Crippen molar-refractivity contribution in [2.75, 3.05) is 70.8 Å². The molecule has 11 heteroatoms. The fourth-order valence-corrected chi connectivity index (χ4v) is 5.08. The highest BCUT2D eigenvalue weighted by Gasteiger charge is 2.35. The highest BCUT2D eigenvalue weighted by Crippen LogP contribution is 2.37. The molecule has 1 aromatic heterocycles. The maximum atomic E-state index is 13.8. The van der Waals surface area contributed by atoms with Gasteiger partial charge in [-0.15, -0.1) is 0 Å². The van der Waals surface area contributed by atoms with E-state index in [0.29, 0.717) is 47.2 Å². The number of nitrogens with zero attached hydrogens (tertiary/aromatic N) is 5. The third kappa shape index (κ3) is 6.92. The molecule has 38 heavy (non-hydrogen) atoms. The number of hydrogen-bond acceptors (Lipinski definition) is 9. The number of aliphatic hydroxyl groups excluding tert-OH is 1. The highest BCUT2D eigenvalue weighted by molar-refractivity contribution is 5.93. The summed E-state index contributed by atoms with van der Waals surface area (Å²) in [5.74, 6) is -0.607. The van der Waals surface area contributed by atoms with Crippen molar-refractivity contribution >= 4 is 22.7 Å². The van der Waals surface area contributed by atoms with Gasteiger partial charge in [0.05, 0.1) is 25.3 Å². The maximum absolute atomic E-state index is 13.8. The van der Waals surface area contributed by atoms with Gasteiger partial charge >= 0.3 is 0 Å². The molecule has 2 fully saturated rings. The largest absolute Gasteiger partial charge is 0.493 e. The number of rotatable bonds is 12. The van der Waals surface area contributed by atoms with Crippen molar-refractivity contribution in [1.29, 1.82) is 0 Å². The first-order valence-corrected chi connectivity index (χ1v) is 13.7. The minimum absolute atomic E-state index is 0.172. The van der Waals surface area contributed by atoms with Gasteiger partial charge in [-0.05, 0) is 58.9 Å². The molecule has 2 aromatic rings. The molecule has 0 aliphatic carbocycles. The van der Waals surface area contributed by atoms with Crippen LogP contribution < -0.4 is 19.7 Å². The lowest BCUT2D eigenvalue weighted by atomic mass is 10.1. The molecule has 0 amide bonds. The zero-order valence-corrected chi connectivity index (χ0v) is 23.1. The quantitative estimate of drug-likeness (QED) is 0.311. The van der Waals surface area contributed by atoms with Crippen molar-refractivity contribution in [1.82, 2.24) is 19.8 Å². The molecule has 2 N–H and O–H groups in total. The Morgan fingerprint density at radius 3 is 2.45 bits per heavy atom. The first-order chi connectivity index (χ1) is 18.2. The third-order valence-electron chi connectivity index (χ3n) is 7.47. The van der Waals surface area contributed by atoms with Crippen molar-refractivity contribution < 1.29 is 23.4 Å². The Kier molecular flexibility index (Phi) is 9.43. The first-order valence-electron chi connectivity index (χ1n) is 13.7. The minimum atomic E-state index is -2.67. The second kappa shape index (κ2) is 12.6. The summed E-state index contributed by atoms with van der Waals surface area (Å²) >= 11 is 0. The normalized spacial score (nSPS) is 19.6. The molecule has 0 unspecified atom stereocenters. The van der Waals surface area contributed by atoms with E-state index in [0.717, 1.165) is 26.1 Å². The minimum Gasteiger partial charge on any atom is -0.493 e. The lowest BCUT2D eigenvalue weighted by Gasteiger charge is -2.33. The number of fused-ring (bicyclic) bond motifs is 1. The summed E-state index contributed by atoms with van der Waals surface area (Å²) in [5, 5.41) is 14.8. The van der Waals surface area contributed by atoms with Gasteiger partial charge < -0.3 is 29.7 Å². The van der Waals surface area contributed by atoms with Crippen LogP contribution in [0.5, 0.6) is 11.5 Å². The molecular weight excluding hydrogens is 494 g/mol. The summed E-state index contributed by atoms with van der Waals surface area (Å²) in [6.45, 7) is 6.18. The average Bonchev–Trinajstić information content (AvgIpc) is 3.42. The van der Waals surface area contributed by atoms with E-state index in [-0.39, 0.29) is 32.0 Å². The maximum Gasteiger partial charge on any atom is 0.251 e. The summed E-state index contributed by atoms with van der Waals surface area (Å²) in [5.41, 5.74) is 0.624. The van der Waals surface area contributed by atoms with Crippen molar-refractivity contribution in [2.45, 2.75) is 63.6 Å². The van der Waals surface area contributed by atoms with Crippen LogP contribution in [0.2, 0.25) is 0 Å². The molecule has 3 heterocycles. The van der Waals surface area contributed by atoms with Crippen LogP contribution in [0.3, 0.4) is 0 Å². The molecule has 9 nitrogen and oxygen atoms in total. The summed E-state index contributed by atoms with van der Waals surface area (Å²) in [6, 6.07) is 3.37. The van der Waals surface area contributed by atoms with Crippen molar-refractivity contribution in [3.8, 4) is 11.5 Å². The lowest BCUT2D eigenvalue weighted by Crippen LogP contribution is -2.43. The second-order valence-electron chi connectivity index (χ2n) is 10.5. The summed E-state index contributed by atoms with van der Waals surface area (Å²) in [7, 11) is 5.21. The third-order valence-corrected chi connectivity index (χ3v) is 7.47. The second-order valence-corrected chi connectivity index (χ2v) is 10.5. The number of methoxy groups -OCH3 is 1. The number of likely N-dealkylation sites (tertiary alicyclic amines) is 1. The van der Waals surface area contributed by atoms with Crippen LogP contribution in [0, 0.1) is 0 Å². The topological polar surface area (TPSA) is 86.2 Å². The van der Waals surface area contributed by atoms with E-state index in [2.05, 4.69) is 10.2 Å². The van der Waals surface area contributed by atoms with Crippen LogP contribution in [0.4, 0.5) is 20.5 Å². The van der Waals surface area contributed by atoms with Crippen molar-refractivity contribution in [3.05, 3.63) is 12.1 Å². The van der Waals surface area contributed by atoms with E-state index in [9.17, 15) is 13.9 Å². The number of benzene rings is 1. The van der Waals surface area contributed by atoms with E-state index in [1.54, 1.807) is 16.9 Å². The van der Waals surface area contributed by atoms with Gasteiger partial charge in [-0.25, -0.2) is 13.8 Å². The van der Waals surface area contributed by atoms with Gasteiger partial charge in [0, 0.05) is 43.9 Å². The van der Waals surface area contributed by atoms with Crippen molar-refractivity contribution in [3.63, 3.8) is 0 Å². The SMILES string of the molecule is CC[C@H](Nc1nc(N2CCC(F)(F)CC2)nc2cc(OCCCN3CCCC3)c(OC)cc12)[C@H](O)N(C)C. The van der Waals surface area contributed by atoms with E-state index in [1.165, 1.54) is 12.8 Å². The van der Waals surface area contributed by atoms with Gasteiger partial charge in [0.1, 0.15) is 12.0 Å². The number of nitrogens with one attached hydrogen (secondary N) is 1. The van der Waals surface area contributed by atoms with Crippen LogP contribution in [-0.4, -0.2) is 104 Å². The number of hydrogen-bond donors (Lipinski definition) is 2. The Morgan fingerprint density at radius 2 is 1.82 bits per heavy atom. The van der Waals surface area contributed by atoms with Crippen LogP contribution in [0.15, 0.2) is 12.1 Å². The summed E-state index contributed by atoms with van der Waals surface area (Å²) in [6.07, 6.45) is 2.86. The zero-order chi connectivity index (χ0) is 27.3. The van der Waals surface area contributed by atoms with E-state index < -0.39 is 12.2 Å². The van der Waals surface area contributed by atoms with E-state index >= 15 is 0 Å². The van der Waals surface area contributed by atoms with Gasteiger partial charge in [-0.3, -0.25) is 4.90 Å². The summed E-state index contributed by atoms with van der Waals surface area (Å²) < 4.78 is 39.5. The molecule has 212 valence electrons. The van der Waals surface area contributed by atoms with Gasteiger partial charge in [-0.2, -0.15) is 4.98 Å². The fourth-order valence-electron chi connectivity index (χ4n) is 5.08. The Morgan fingerprint density at radius 1 is 1.11 bits per heavy atom. The number of ether oxygens (including phenoxy) is 2. The van der Waals surface area contributed by atoms with Crippen LogP contribution >= 0.6 is 0 Å². The monoisotopic (exact) mass is 536 g/mol. The smallest absolute Gasteiger partial charge is 0.251 e. The molecule has 0 saturated carbocycles. The standard InChI is InChI=1S/C27H42F2N6O3/c1-5-20(25(36)33(2)3)30-24-19-17-22(37-4)23(38-16-8-13-34-11-6-7-12-34)18-21(19)31-26(32-24)35-14-9-27(28,29)10-15-35/h17-18,20,25,36H,5-16H2,1-4H3,(H,30,31,32)/t20-,25-/m0/s1. The Hall–Kier alpha value is -2.50. The van der Waals surface area contributed by atoms with Crippen molar-refractivity contribution in [2.24, 2.45) is 0 Å². The Balaban J connectivity index is 1.64. The number of aliphatic hydroxyl groups is 1. The first kappa shape index (κ1) is 28.5. The molecule has 0 spiro atoms. The number of likely N-dealkylation sites (N-methyl/N-ethyl adjacent to an activating group) is 1.